The van der Waals surface area contributed by atoms with Gasteiger partial charge in [-0.25, -0.2) is 4.79 Å². The lowest BCUT2D eigenvalue weighted by Crippen LogP contribution is -2.43. The number of hydrogen-bond acceptors (Lipinski definition) is 3. The number of likely N-dealkylation sites (tertiary alicyclic amines) is 1. The van der Waals surface area contributed by atoms with Crippen LogP contribution in [0.5, 0.6) is 0 Å². The molecular weight excluding hydrogens is 158 g/mol. The third-order valence-corrected chi connectivity index (χ3v) is 1.98. The van der Waals surface area contributed by atoms with E-state index in [9.17, 15) is 4.79 Å². The van der Waals surface area contributed by atoms with Crippen LogP contribution < -0.4 is 5.32 Å². The third kappa shape index (κ3) is 1.87. The topological polar surface area (TPSA) is 64.9 Å². The lowest BCUT2D eigenvalue weighted by Gasteiger charge is -2.26. The summed E-state index contributed by atoms with van der Waals surface area (Å²) in [6.45, 7) is 1.28. The van der Waals surface area contributed by atoms with Crippen LogP contribution in [0.4, 0.5) is 4.79 Å². The Kier molecular flexibility index (Phi) is 2.90. The van der Waals surface area contributed by atoms with E-state index in [2.05, 4.69) is 10.5 Å². The summed E-state index contributed by atoms with van der Waals surface area (Å²) in [5.74, 6) is 0. The zero-order valence-electron chi connectivity index (χ0n) is 7.08. The summed E-state index contributed by atoms with van der Waals surface area (Å²) in [6, 6.07) is -0.0630. The lowest BCUT2D eigenvalue weighted by atomic mass is 10.1. The van der Waals surface area contributed by atoms with Crippen molar-refractivity contribution in [2.45, 2.75) is 12.8 Å². The summed E-state index contributed by atoms with van der Waals surface area (Å²) in [6.07, 6.45) is 1.34. The Hall–Kier alpha value is -1.26. The van der Waals surface area contributed by atoms with Crippen LogP contribution in [0.1, 0.15) is 12.8 Å². The standard InChI is InChI=1S/C7H13N3O2/c1-8-7(11)10-4-2-6(9-12)3-5-10/h12H,2-5H2,1H3,(H,8,11). The maximum atomic E-state index is 11.1. The summed E-state index contributed by atoms with van der Waals surface area (Å²) in [4.78, 5) is 12.8. The van der Waals surface area contributed by atoms with E-state index in [0.29, 0.717) is 25.9 Å². The molecule has 2 amide bonds. The van der Waals surface area contributed by atoms with Gasteiger partial charge in [0.1, 0.15) is 0 Å². The maximum absolute atomic E-state index is 11.1. The van der Waals surface area contributed by atoms with E-state index in [0.717, 1.165) is 5.71 Å². The molecule has 0 aromatic heterocycles. The molecule has 1 fully saturated rings. The van der Waals surface area contributed by atoms with E-state index in [1.807, 2.05) is 0 Å². The van der Waals surface area contributed by atoms with Crippen molar-refractivity contribution in [2.24, 2.45) is 5.16 Å². The van der Waals surface area contributed by atoms with E-state index in [4.69, 9.17) is 5.21 Å². The van der Waals surface area contributed by atoms with Crippen LogP contribution in [0, 0.1) is 0 Å². The summed E-state index contributed by atoms with van der Waals surface area (Å²) < 4.78 is 0. The molecule has 0 atom stereocenters. The number of rotatable bonds is 0. The van der Waals surface area contributed by atoms with Crippen LogP contribution in [0.2, 0.25) is 0 Å². The minimum atomic E-state index is -0.0630. The van der Waals surface area contributed by atoms with E-state index in [1.165, 1.54) is 0 Å². The molecule has 1 saturated heterocycles. The fourth-order valence-electron chi connectivity index (χ4n) is 1.23. The van der Waals surface area contributed by atoms with Gasteiger partial charge >= 0.3 is 6.03 Å². The molecule has 0 bridgehead atoms. The number of carbonyl (C=O) groups is 1. The van der Waals surface area contributed by atoms with E-state index in [-0.39, 0.29) is 6.03 Å². The van der Waals surface area contributed by atoms with Gasteiger partial charge in [0.25, 0.3) is 0 Å². The molecule has 1 aliphatic heterocycles. The Morgan fingerprint density at radius 2 is 2.17 bits per heavy atom. The van der Waals surface area contributed by atoms with E-state index in [1.54, 1.807) is 11.9 Å². The number of hydrogen-bond donors (Lipinski definition) is 2. The average Bonchev–Trinajstić information content (AvgIpc) is 2.17. The van der Waals surface area contributed by atoms with Crippen LogP contribution in [0.3, 0.4) is 0 Å². The van der Waals surface area contributed by atoms with Crippen LogP contribution in [0.15, 0.2) is 5.16 Å². The molecule has 0 aliphatic carbocycles. The van der Waals surface area contributed by atoms with Gasteiger partial charge in [-0.3, -0.25) is 0 Å². The molecule has 0 aromatic carbocycles. The van der Waals surface area contributed by atoms with E-state index >= 15 is 0 Å². The molecule has 68 valence electrons. The molecule has 5 heteroatoms. The molecule has 0 aromatic rings. The number of piperidine rings is 1. The first kappa shape index (κ1) is 8.83. The van der Waals surface area contributed by atoms with Crippen molar-refractivity contribution in [1.82, 2.24) is 10.2 Å². The molecule has 1 heterocycles. The largest absolute Gasteiger partial charge is 0.411 e. The Balaban J connectivity index is 2.41. The van der Waals surface area contributed by atoms with Gasteiger partial charge in [0.2, 0.25) is 0 Å². The molecule has 0 unspecified atom stereocenters. The van der Waals surface area contributed by atoms with Gasteiger partial charge in [0.15, 0.2) is 0 Å². The normalized spacial score (nSPS) is 17.4. The number of nitrogens with zero attached hydrogens (tertiary/aromatic N) is 2. The smallest absolute Gasteiger partial charge is 0.317 e. The Labute approximate surface area is 71.0 Å². The van der Waals surface area contributed by atoms with Crippen LogP contribution in [-0.2, 0) is 0 Å². The predicted octanol–water partition coefficient (Wildman–Crippen LogP) is 0.252. The predicted molar refractivity (Wildman–Crippen MR) is 44.5 cm³/mol. The first-order valence-corrected chi connectivity index (χ1v) is 3.94. The van der Waals surface area contributed by atoms with Gasteiger partial charge in [-0.2, -0.15) is 0 Å². The van der Waals surface area contributed by atoms with Gasteiger partial charge in [-0.15, -0.1) is 0 Å². The minimum absolute atomic E-state index is 0.0630. The Morgan fingerprint density at radius 1 is 1.58 bits per heavy atom. The second-order valence-corrected chi connectivity index (χ2v) is 2.71. The summed E-state index contributed by atoms with van der Waals surface area (Å²) in [5, 5.41) is 14.1. The van der Waals surface area contributed by atoms with Gasteiger partial charge in [-0.1, -0.05) is 5.16 Å². The van der Waals surface area contributed by atoms with Gasteiger partial charge in [-0.05, 0) is 0 Å². The van der Waals surface area contributed by atoms with Gasteiger partial charge < -0.3 is 15.4 Å². The minimum Gasteiger partial charge on any atom is -0.411 e. The lowest BCUT2D eigenvalue weighted by molar-refractivity contribution is 0.199. The first-order chi connectivity index (χ1) is 5.77. The number of carbonyl (C=O) groups excluding carboxylic acids is 1. The molecule has 1 aliphatic rings. The van der Waals surface area contributed by atoms with Crippen molar-refractivity contribution >= 4 is 11.7 Å². The Morgan fingerprint density at radius 3 is 2.58 bits per heavy atom. The first-order valence-electron chi connectivity index (χ1n) is 3.94. The van der Waals surface area contributed by atoms with Gasteiger partial charge in [0.05, 0.1) is 5.71 Å². The highest BCUT2D eigenvalue weighted by molar-refractivity contribution is 5.86. The van der Waals surface area contributed by atoms with Crippen molar-refractivity contribution in [3.05, 3.63) is 0 Å². The van der Waals surface area contributed by atoms with Crippen LogP contribution >= 0.6 is 0 Å². The van der Waals surface area contributed by atoms with Crippen molar-refractivity contribution in [1.29, 1.82) is 0 Å². The van der Waals surface area contributed by atoms with Crippen molar-refractivity contribution in [3.8, 4) is 0 Å². The zero-order chi connectivity index (χ0) is 8.97. The fourth-order valence-corrected chi connectivity index (χ4v) is 1.23. The van der Waals surface area contributed by atoms with Crippen LogP contribution in [0.25, 0.3) is 0 Å². The second kappa shape index (κ2) is 3.94. The van der Waals surface area contributed by atoms with Crippen molar-refractivity contribution in [2.75, 3.05) is 20.1 Å². The van der Waals surface area contributed by atoms with Gasteiger partial charge in [0, 0.05) is 33.0 Å². The zero-order valence-corrected chi connectivity index (χ0v) is 7.08. The highest BCUT2D eigenvalue weighted by Gasteiger charge is 2.18. The fraction of sp³-hybridized carbons (Fsp3) is 0.714. The molecule has 0 saturated carbocycles. The maximum Gasteiger partial charge on any atom is 0.317 e. The Bertz CT molecular complexity index is 193. The molecular formula is C7H13N3O2. The highest BCUT2D eigenvalue weighted by Crippen LogP contribution is 2.06. The van der Waals surface area contributed by atoms with Crippen molar-refractivity contribution < 1.29 is 10.0 Å². The number of oxime groups is 1. The average molecular weight is 171 g/mol. The number of nitrogens with one attached hydrogen (secondary N) is 1. The number of urea groups is 1. The van der Waals surface area contributed by atoms with Crippen molar-refractivity contribution in [3.63, 3.8) is 0 Å². The summed E-state index contributed by atoms with van der Waals surface area (Å²) in [5.41, 5.74) is 0.773. The van der Waals surface area contributed by atoms with E-state index < -0.39 is 0 Å². The second-order valence-electron chi connectivity index (χ2n) is 2.71. The molecule has 0 radical (unpaired) electrons. The molecule has 0 spiro atoms. The molecule has 5 nitrogen and oxygen atoms in total. The molecule has 2 N–H and O–H groups in total. The highest BCUT2D eigenvalue weighted by atomic mass is 16.4. The summed E-state index contributed by atoms with van der Waals surface area (Å²) in [7, 11) is 1.61. The monoisotopic (exact) mass is 171 g/mol. The molecule has 12 heavy (non-hydrogen) atoms. The van der Waals surface area contributed by atoms with Crippen LogP contribution in [-0.4, -0.2) is 42.0 Å². The molecule has 1 rings (SSSR count). The third-order valence-electron chi connectivity index (χ3n) is 1.98. The SMILES string of the molecule is CNC(=O)N1CCC(=NO)CC1. The quantitative estimate of drug-likeness (QED) is 0.405. The number of amides is 2. The summed E-state index contributed by atoms with van der Waals surface area (Å²) >= 11 is 0.